The Balaban J connectivity index is 1.72. The maximum absolute atomic E-state index is 5.14. The van der Waals surface area contributed by atoms with E-state index in [1.54, 1.807) is 7.11 Å². The highest BCUT2D eigenvalue weighted by Crippen LogP contribution is 2.20. The number of methoxy groups -OCH3 is 1. The van der Waals surface area contributed by atoms with Gasteiger partial charge in [-0.1, -0.05) is 30.3 Å². The molecule has 0 spiro atoms. The monoisotopic (exact) mass is 282 g/mol. The zero-order valence-electron chi connectivity index (χ0n) is 11.8. The predicted molar refractivity (Wildman–Crippen MR) is 83.5 cm³/mol. The lowest BCUT2D eigenvalue weighted by atomic mass is 10.0. The van der Waals surface area contributed by atoms with Crippen LogP contribution in [0.3, 0.4) is 0 Å². The topological polar surface area (TPSA) is 57.7 Å². The molecule has 0 bridgehead atoms. The van der Waals surface area contributed by atoms with Crippen LogP contribution < -0.4 is 21.1 Å². The Morgan fingerprint density at radius 1 is 1.00 bits per heavy atom. The van der Waals surface area contributed by atoms with Crippen molar-refractivity contribution in [3.05, 3.63) is 60.2 Å². The average Bonchev–Trinajstić information content (AvgIpc) is 3.03. The molecule has 1 aliphatic rings. The fourth-order valence-corrected chi connectivity index (χ4v) is 2.28. The van der Waals surface area contributed by atoms with E-state index in [0.717, 1.165) is 11.4 Å². The van der Waals surface area contributed by atoms with Gasteiger partial charge in [0.25, 0.3) is 0 Å². The van der Waals surface area contributed by atoms with Gasteiger partial charge in [-0.25, -0.2) is 10.9 Å². The first-order valence-electron chi connectivity index (χ1n) is 6.86. The minimum absolute atomic E-state index is 0.0782. The quantitative estimate of drug-likeness (QED) is 0.752. The second-order valence-electron chi connectivity index (χ2n) is 4.80. The van der Waals surface area contributed by atoms with Crippen molar-refractivity contribution in [1.29, 1.82) is 0 Å². The van der Waals surface area contributed by atoms with Crippen LogP contribution in [0.25, 0.3) is 0 Å². The summed E-state index contributed by atoms with van der Waals surface area (Å²) in [6, 6.07) is 18.2. The normalized spacial score (nSPS) is 21.8. The van der Waals surface area contributed by atoms with Gasteiger partial charge in [0.05, 0.1) is 24.9 Å². The fourth-order valence-electron chi connectivity index (χ4n) is 2.28. The molecule has 21 heavy (non-hydrogen) atoms. The lowest BCUT2D eigenvalue weighted by molar-refractivity contribution is 0.415. The third-order valence-electron chi connectivity index (χ3n) is 3.44. The van der Waals surface area contributed by atoms with Gasteiger partial charge in [0.2, 0.25) is 0 Å². The summed E-state index contributed by atoms with van der Waals surface area (Å²) in [7, 11) is 1.66. The number of aliphatic imine (C=N–C) groups is 1. The highest BCUT2D eigenvalue weighted by atomic mass is 16.5. The van der Waals surface area contributed by atoms with E-state index in [1.807, 2.05) is 48.7 Å². The highest BCUT2D eigenvalue weighted by molar-refractivity contribution is 5.70. The van der Waals surface area contributed by atoms with Gasteiger partial charge in [0.1, 0.15) is 5.75 Å². The van der Waals surface area contributed by atoms with Gasteiger partial charge < -0.3 is 4.74 Å². The molecule has 2 aromatic carbocycles. The third-order valence-corrected chi connectivity index (χ3v) is 3.44. The smallest absolute Gasteiger partial charge is 0.119 e. The van der Waals surface area contributed by atoms with E-state index >= 15 is 0 Å². The van der Waals surface area contributed by atoms with Gasteiger partial charge in [-0.3, -0.25) is 4.99 Å². The van der Waals surface area contributed by atoms with Crippen molar-refractivity contribution in [2.75, 3.05) is 7.11 Å². The molecule has 1 fully saturated rings. The molecule has 5 nitrogen and oxygen atoms in total. The van der Waals surface area contributed by atoms with Crippen molar-refractivity contribution in [2.45, 2.75) is 12.1 Å². The van der Waals surface area contributed by atoms with E-state index in [9.17, 15) is 0 Å². The summed E-state index contributed by atoms with van der Waals surface area (Å²) in [5.41, 5.74) is 11.4. The number of hydrogen-bond acceptors (Lipinski definition) is 5. The second kappa shape index (κ2) is 6.49. The molecule has 5 heteroatoms. The number of benzene rings is 2. The number of hydrazine groups is 2. The van der Waals surface area contributed by atoms with Crippen LogP contribution in [0.4, 0.5) is 5.69 Å². The molecule has 3 N–H and O–H groups in total. The number of ether oxygens (including phenoxy) is 1. The van der Waals surface area contributed by atoms with E-state index in [2.05, 4.69) is 33.5 Å². The Hall–Kier alpha value is -2.21. The molecule has 1 heterocycles. The van der Waals surface area contributed by atoms with Gasteiger partial charge in [-0.2, -0.15) is 5.53 Å². The summed E-state index contributed by atoms with van der Waals surface area (Å²) in [5, 5.41) is 0. The molecule has 0 aliphatic carbocycles. The summed E-state index contributed by atoms with van der Waals surface area (Å²) in [5.74, 6) is 0.832. The molecule has 2 atom stereocenters. The first-order chi connectivity index (χ1) is 10.4. The van der Waals surface area contributed by atoms with Crippen LogP contribution in [0.1, 0.15) is 11.6 Å². The number of nitrogens with one attached hydrogen (secondary N) is 3. The average molecular weight is 282 g/mol. The molecule has 1 aliphatic heterocycles. The number of rotatable bonds is 4. The van der Waals surface area contributed by atoms with E-state index in [1.165, 1.54) is 5.56 Å². The minimum atomic E-state index is 0.0782. The number of hydrogen-bond donors (Lipinski definition) is 3. The Kier molecular flexibility index (Phi) is 4.25. The first-order valence-corrected chi connectivity index (χ1v) is 6.86. The van der Waals surface area contributed by atoms with Gasteiger partial charge in [0.15, 0.2) is 0 Å². The Morgan fingerprint density at radius 2 is 1.76 bits per heavy atom. The predicted octanol–water partition coefficient (Wildman–Crippen LogP) is 2.12. The SMILES string of the molecule is COc1ccc(N=CC2NNNC2c2ccccc2)cc1. The van der Waals surface area contributed by atoms with Crippen LogP contribution in [0.15, 0.2) is 59.6 Å². The van der Waals surface area contributed by atoms with Crippen molar-refractivity contribution in [3.63, 3.8) is 0 Å². The molecule has 2 unspecified atom stereocenters. The van der Waals surface area contributed by atoms with Crippen molar-refractivity contribution >= 4 is 11.9 Å². The molecule has 108 valence electrons. The van der Waals surface area contributed by atoms with Crippen molar-refractivity contribution in [2.24, 2.45) is 4.99 Å². The van der Waals surface area contributed by atoms with Crippen LogP contribution in [-0.4, -0.2) is 19.4 Å². The first kappa shape index (κ1) is 13.8. The van der Waals surface area contributed by atoms with E-state index < -0.39 is 0 Å². The van der Waals surface area contributed by atoms with E-state index in [0.29, 0.717) is 0 Å². The molecule has 1 saturated heterocycles. The molecule has 0 radical (unpaired) electrons. The highest BCUT2D eigenvalue weighted by Gasteiger charge is 2.26. The van der Waals surface area contributed by atoms with Crippen molar-refractivity contribution < 1.29 is 4.74 Å². The summed E-state index contributed by atoms with van der Waals surface area (Å²) >= 11 is 0. The number of nitrogens with zero attached hydrogens (tertiary/aromatic N) is 1. The van der Waals surface area contributed by atoms with Crippen LogP contribution in [0, 0.1) is 0 Å². The van der Waals surface area contributed by atoms with Crippen LogP contribution >= 0.6 is 0 Å². The van der Waals surface area contributed by atoms with Gasteiger partial charge >= 0.3 is 0 Å². The Morgan fingerprint density at radius 3 is 2.48 bits per heavy atom. The third kappa shape index (κ3) is 3.28. The van der Waals surface area contributed by atoms with Gasteiger partial charge in [0, 0.05) is 6.21 Å². The van der Waals surface area contributed by atoms with Crippen LogP contribution in [-0.2, 0) is 0 Å². The van der Waals surface area contributed by atoms with Crippen LogP contribution in [0.5, 0.6) is 5.75 Å². The summed E-state index contributed by atoms with van der Waals surface area (Å²) in [4.78, 5) is 4.52. The van der Waals surface area contributed by atoms with Crippen molar-refractivity contribution in [3.8, 4) is 5.75 Å². The maximum Gasteiger partial charge on any atom is 0.119 e. The van der Waals surface area contributed by atoms with Gasteiger partial charge in [-0.05, 0) is 29.8 Å². The standard InChI is InChI=1S/C16H18N4O/c1-21-14-9-7-13(8-10-14)17-11-15-16(19-20-18-15)12-5-3-2-4-6-12/h2-11,15-16,18-20H,1H3. The van der Waals surface area contributed by atoms with Crippen molar-refractivity contribution in [1.82, 2.24) is 16.4 Å². The minimum Gasteiger partial charge on any atom is -0.497 e. The lowest BCUT2D eigenvalue weighted by Crippen LogP contribution is -2.33. The second-order valence-corrected chi connectivity index (χ2v) is 4.80. The molecular formula is C16H18N4O. The molecule has 0 aromatic heterocycles. The zero-order valence-corrected chi connectivity index (χ0v) is 11.8. The molecule has 3 rings (SSSR count). The molecule has 0 amide bonds. The Bertz CT molecular complexity index is 597. The molecule has 2 aromatic rings. The Labute approximate surface area is 124 Å². The summed E-state index contributed by atoms with van der Waals surface area (Å²) < 4.78 is 5.14. The van der Waals surface area contributed by atoms with E-state index in [-0.39, 0.29) is 12.1 Å². The molecular weight excluding hydrogens is 264 g/mol. The zero-order chi connectivity index (χ0) is 14.5. The van der Waals surface area contributed by atoms with Gasteiger partial charge in [-0.15, -0.1) is 0 Å². The summed E-state index contributed by atoms with van der Waals surface area (Å²) in [6.07, 6.45) is 1.91. The molecule has 0 saturated carbocycles. The summed E-state index contributed by atoms with van der Waals surface area (Å²) in [6.45, 7) is 0. The maximum atomic E-state index is 5.14. The van der Waals surface area contributed by atoms with E-state index in [4.69, 9.17) is 4.74 Å². The largest absolute Gasteiger partial charge is 0.497 e. The van der Waals surface area contributed by atoms with Crippen LogP contribution in [0.2, 0.25) is 0 Å². The fraction of sp³-hybridized carbons (Fsp3) is 0.188. The lowest BCUT2D eigenvalue weighted by Gasteiger charge is -2.14.